The van der Waals surface area contributed by atoms with Crippen molar-refractivity contribution in [1.29, 1.82) is 0 Å². The van der Waals surface area contributed by atoms with Gasteiger partial charge in [0.25, 0.3) is 5.78 Å². The van der Waals surface area contributed by atoms with Crippen LogP contribution in [0.4, 0.5) is 140 Å². The Kier molecular flexibility index (Phi) is 10.4. The van der Waals surface area contributed by atoms with E-state index in [0.29, 0.717) is 0 Å². The maximum absolute atomic E-state index is 13.7. The summed E-state index contributed by atoms with van der Waals surface area (Å²) in [4.78, 5) is 10.9. The molecule has 0 saturated carbocycles. The summed E-state index contributed by atoms with van der Waals surface area (Å²) < 4.78 is 419. The van der Waals surface area contributed by atoms with Gasteiger partial charge in [0, 0.05) is 0 Å². The minimum atomic E-state index is -9.99. The summed E-state index contributed by atoms with van der Waals surface area (Å²) in [6.07, 6.45) is -16.6. The molecule has 0 aromatic heterocycles. The molecule has 0 fully saturated rings. The second-order valence-electron chi connectivity index (χ2n) is 8.79. The molecule has 0 spiro atoms. The van der Waals surface area contributed by atoms with Gasteiger partial charge in [-0.15, -0.1) is 0 Å². The third-order valence-electron chi connectivity index (χ3n) is 5.62. The first-order valence-electron chi connectivity index (χ1n) is 10.0. The first kappa shape index (κ1) is 46.4. The highest BCUT2D eigenvalue weighted by Crippen LogP contribution is 2.67. The van der Waals surface area contributed by atoms with Gasteiger partial charge in [-0.05, 0) is 0 Å². The SMILES string of the molecule is O=C(C(F)(F)C(F)(F)C(F)(F)C(F)(F)C(F)(F)F)C(F)(F)C(F)(F)C(F)(F)C(F)(F)C(F)(F)C(F)(F)C(F)(F)C(F)(F)C(F)(F)C(F)(F)F. The Morgan fingerprint density at radius 2 is 0.327 bits per heavy atom. The van der Waals surface area contributed by atoms with Crippen LogP contribution in [-0.2, 0) is 4.79 Å². The maximum atomic E-state index is 13.7. The van der Waals surface area contributed by atoms with Gasteiger partial charge in [0.2, 0.25) is 0 Å². The highest BCUT2D eigenvalue weighted by Gasteiger charge is 2.99. The van der Waals surface area contributed by atoms with Gasteiger partial charge >= 0.3 is 89.3 Å². The van der Waals surface area contributed by atoms with Crippen LogP contribution in [-0.4, -0.2) is 95.1 Å². The summed E-state index contributed by atoms with van der Waals surface area (Å²) in [6, 6.07) is 0. The lowest BCUT2D eigenvalue weighted by Gasteiger charge is -2.44. The molecular formula is C16F32O. The van der Waals surface area contributed by atoms with Gasteiger partial charge in [-0.2, -0.15) is 140 Å². The van der Waals surface area contributed by atoms with Crippen LogP contribution in [0.3, 0.4) is 0 Å². The summed E-state index contributed by atoms with van der Waals surface area (Å²) in [5, 5.41) is 0. The van der Waals surface area contributed by atoms with E-state index < -0.39 is 95.1 Å². The van der Waals surface area contributed by atoms with Crippen molar-refractivity contribution in [3.05, 3.63) is 0 Å². The van der Waals surface area contributed by atoms with E-state index >= 15 is 0 Å². The number of rotatable bonds is 13. The van der Waals surface area contributed by atoms with Gasteiger partial charge in [0.1, 0.15) is 0 Å². The Bertz CT molecular complexity index is 1240. The van der Waals surface area contributed by atoms with Crippen molar-refractivity contribution >= 4 is 5.78 Å². The minimum Gasteiger partial charge on any atom is -0.286 e. The highest BCUT2D eigenvalue weighted by molar-refractivity contribution is 5.94. The van der Waals surface area contributed by atoms with Crippen molar-refractivity contribution in [3.8, 4) is 0 Å². The molecule has 0 heterocycles. The molecule has 0 aliphatic rings. The Morgan fingerprint density at radius 3 is 0.490 bits per heavy atom. The lowest BCUT2D eigenvalue weighted by molar-refractivity contribution is -0.473. The van der Waals surface area contributed by atoms with Crippen molar-refractivity contribution in [2.24, 2.45) is 0 Å². The smallest absolute Gasteiger partial charge is 0.286 e. The summed E-state index contributed by atoms with van der Waals surface area (Å²) in [7, 11) is 0. The topological polar surface area (TPSA) is 17.1 Å². The van der Waals surface area contributed by atoms with E-state index in [1.807, 2.05) is 0 Å². The van der Waals surface area contributed by atoms with Gasteiger partial charge in [0.15, 0.2) is 0 Å². The Balaban J connectivity index is 7.52. The van der Waals surface area contributed by atoms with Crippen molar-refractivity contribution in [3.63, 3.8) is 0 Å². The Hall–Kier alpha value is -2.57. The molecule has 0 N–H and O–H groups in total. The molecule has 0 saturated heterocycles. The average Bonchev–Trinajstić information content (AvgIpc) is 2.85. The van der Waals surface area contributed by atoms with E-state index in [1.165, 1.54) is 0 Å². The molecule has 1 nitrogen and oxygen atoms in total. The number of carbonyl (C=O) groups is 1. The van der Waals surface area contributed by atoms with E-state index in [0.717, 1.165) is 0 Å². The van der Waals surface area contributed by atoms with Crippen LogP contribution in [0.25, 0.3) is 0 Å². The monoisotopic (exact) mass is 816 g/mol. The molecule has 0 aliphatic carbocycles. The predicted molar refractivity (Wildman–Crippen MR) is 81.4 cm³/mol. The van der Waals surface area contributed by atoms with Crippen molar-refractivity contribution in [2.75, 3.05) is 0 Å². The Morgan fingerprint density at radius 1 is 0.204 bits per heavy atom. The summed E-state index contributed by atoms with van der Waals surface area (Å²) in [5.41, 5.74) is 0. The lowest BCUT2D eigenvalue weighted by atomic mass is 9.84. The molecule has 0 aromatic carbocycles. The normalized spacial score (nSPS) is 17.1. The third kappa shape index (κ3) is 5.36. The van der Waals surface area contributed by atoms with Crippen molar-refractivity contribution in [2.45, 2.75) is 89.3 Å². The number of halogens is 32. The predicted octanol–water partition coefficient (Wildman–Crippen LogP) is 9.94. The van der Waals surface area contributed by atoms with E-state index in [-0.39, 0.29) is 0 Å². The number of hydrogen-bond acceptors (Lipinski definition) is 1. The molecule has 0 bridgehead atoms. The first-order valence-corrected chi connectivity index (χ1v) is 10.0. The minimum absolute atomic E-state index is 6.71. The van der Waals surface area contributed by atoms with E-state index in [1.54, 1.807) is 0 Å². The quantitative estimate of drug-likeness (QED) is 0.169. The molecule has 294 valence electrons. The number of carbonyl (C=O) groups excluding carboxylic acids is 1. The molecule has 0 aliphatic heterocycles. The van der Waals surface area contributed by atoms with E-state index in [2.05, 4.69) is 0 Å². The number of Topliss-reactive ketones (excluding diaryl/α,β-unsaturated/α-hetero) is 1. The van der Waals surface area contributed by atoms with Crippen LogP contribution >= 0.6 is 0 Å². The van der Waals surface area contributed by atoms with Crippen LogP contribution in [0.15, 0.2) is 0 Å². The van der Waals surface area contributed by atoms with Crippen LogP contribution in [0.2, 0.25) is 0 Å². The largest absolute Gasteiger partial charge is 0.460 e. The fourth-order valence-electron chi connectivity index (χ4n) is 2.61. The van der Waals surface area contributed by atoms with Crippen LogP contribution in [0.5, 0.6) is 0 Å². The maximum Gasteiger partial charge on any atom is 0.460 e. The number of hydrogen-bond donors (Lipinski definition) is 0. The fraction of sp³-hybridized carbons (Fsp3) is 0.938. The molecule has 0 atom stereocenters. The zero-order valence-electron chi connectivity index (χ0n) is 20.5. The molecule has 0 aromatic rings. The standard InChI is InChI=1S/C16F32O/c17-2(18,1(49)3(19,20)5(23,24)7(27,28)13(39,40)15(43,44)45)4(21,22)6(25,26)8(29,30)9(31,32)10(33,34)11(35,36)12(37,38)14(41,42)16(46,47)48. The van der Waals surface area contributed by atoms with Crippen LogP contribution in [0, 0.1) is 0 Å². The molecule has 0 rings (SSSR count). The molecular weight excluding hydrogens is 816 g/mol. The second-order valence-corrected chi connectivity index (χ2v) is 8.79. The van der Waals surface area contributed by atoms with Gasteiger partial charge in [-0.25, -0.2) is 0 Å². The summed E-state index contributed by atoms with van der Waals surface area (Å²) in [6.45, 7) is 0. The molecule has 0 amide bonds. The third-order valence-corrected chi connectivity index (χ3v) is 5.62. The number of alkyl halides is 32. The number of ketones is 1. The van der Waals surface area contributed by atoms with E-state index in [4.69, 9.17) is 0 Å². The lowest BCUT2D eigenvalue weighted by Crippen LogP contribution is -2.78. The molecule has 33 heteroatoms. The van der Waals surface area contributed by atoms with Crippen molar-refractivity contribution < 1.29 is 145 Å². The van der Waals surface area contributed by atoms with Crippen LogP contribution < -0.4 is 0 Å². The van der Waals surface area contributed by atoms with Crippen molar-refractivity contribution in [1.82, 2.24) is 0 Å². The molecule has 0 unspecified atom stereocenters. The molecule has 0 radical (unpaired) electrons. The fourth-order valence-corrected chi connectivity index (χ4v) is 2.61. The Labute approximate surface area is 242 Å². The van der Waals surface area contributed by atoms with Gasteiger partial charge < -0.3 is 0 Å². The summed E-state index contributed by atoms with van der Waals surface area (Å²) >= 11 is 0. The average molecular weight is 816 g/mol. The van der Waals surface area contributed by atoms with Gasteiger partial charge in [0.05, 0.1) is 0 Å². The first-order chi connectivity index (χ1) is 20.4. The zero-order chi connectivity index (χ0) is 41.1. The molecule has 49 heavy (non-hydrogen) atoms. The van der Waals surface area contributed by atoms with Gasteiger partial charge in [-0.1, -0.05) is 0 Å². The summed E-state index contributed by atoms with van der Waals surface area (Å²) in [5.74, 6) is -130. The van der Waals surface area contributed by atoms with Gasteiger partial charge in [-0.3, -0.25) is 4.79 Å². The van der Waals surface area contributed by atoms with Crippen LogP contribution in [0.1, 0.15) is 0 Å². The van der Waals surface area contributed by atoms with E-state index in [9.17, 15) is 145 Å². The zero-order valence-corrected chi connectivity index (χ0v) is 20.5. The second kappa shape index (κ2) is 11.0. The highest BCUT2D eigenvalue weighted by atomic mass is 19.4.